The first-order chi connectivity index (χ1) is 16.5. The second-order valence-corrected chi connectivity index (χ2v) is 10.6. The van der Waals surface area contributed by atoms with Gasteiger partial charge in [0.25, 0.3) is 0 Å². The predicted molar refractivity (Wildman–Crippen MR) is 141 cm³/mol. The Hall–Kier alpha value is -2.92. The zero-order valence-corrected chi connectivity index (χ0v) is 20.5. The van der Waals surface area contributed by atoms with E-state index in [-0.39, 0.29) is 0 Å². The third kappa shape index (κ3) is 3.96. The van der Waals surface area contributed by atoms with Crippen LogP contribution in [0.2, 0.25) is 0 Å². The Morgan fingerprint density at radius 2 is 2.12 bits per heavy atom. The van der Waals surface area contributed by atoms with Crippen molar-refractivity contribution in [2.45, 2.75) is 58.0 Å². The SMILES string of the molecule is C=C(c1ccc(C)c(/N=C(\C)c2cc3cccnc3n2CC2CC2)c1)N1CCC2(CCCN2)C1. The summed E-state index contributed by atoms with van der Waals surface area (Å²) in [5.74, 6) is 0.774. The van der Waals surface area contributed by atoms with Crippen LogP contribution in [0.3, 0.4) is 0 Å². The van der Waals surface area contributed by atoms with Crippen LogP contribution in [0.25, 0.3) is 16.7 Å². The van der Waals surface area contributed by atoms with E-state index in [0.29, 0.717) is 5.54 Å². The highest BCUT2D eigenvalue weighted by molar-refractivity contribution is 6.03. The Morgan fingerprint density at radius 1 is 1.24 bits per heavy atom. The molecule has 176 valence electrons. The lowest BCUT2D eigenvalue weighted by Crippen LogP contribution is -2.41. The van der Waals surface area contributed by atoms with Gasteiger partial charge in [0, 0.05) is 42.5 Å². The number of hydrogen-bond acceptors (Lipinski definition) is 4. The zero-order chi connectivity index (χ0) is 23.3. The van der Waals surface area contributed by atoms with Gasteiger partial charge in [0.15, 0.2) is 0 Å². The maximum absolute atomic E-state index is 5.15. The van der Waals surface area contributed by atoms with Crippen molar-refractivity contribution in [1.29, 1.82) is 0 Å². The van der Waals surface area contributed by atoms with Crippen molar-refractivity contribution in [2.24, 2.45) is 10.9 Å². The van der Waals surface area contributed by atoms with Crippen molar-refractivity contribution in [3.8, 4) is 0 Å². The molecule has 0 bridgehead atoms. The molecule has 5 nitrogen and oxygen atoms in total. The number of hydrogen-bond donors (Lipinski definition) is 1. The molecule has 1 aromatic carbocycles. The van der Waals surface area contributed by atoms with Gasteiger partial charge >= 0.3 is 0 Å². The summed E-state index contributed by atoms with van der Waals surface area (Å²) < 4.78 is 2.38. The lowest BCUT2D eigenvalue weighted by atomic mass is 9.97. The number of aromatic nitrogens is 2. The number of aryl methyl sites for hydroxylation is 1. The first kappa shape index (κ1) is 21.6. The third-order valence-electron chi connectivity index (χ3n) is 8.06. The molecule has 1 atom stereocenters. The molecule has 2 saturated heterocycles. The molecule has 3 aromatic rings. The molecule has 4 heterocycles. The summed E-state index contributed by atoms with van der Waals surface area (Å²) in [6.45, 7) is 13.1. The summed E-state index contributed by atoms with van der Waals surface area (Å²) in [7, 11) is 0. The largest absolute Gasteiger partial charge is 0.370 e. The first-order valence-electron chi connectivity index (χ1n) is 12.8. The average Bonchev–Trinajstić information content (AvgIpc) is 3.23. The van der Waals surface area contributed by atoms with Crippen LogP contribution < -0.4 is 5.32 Å². The van der Waals surface area contributed by atoms with Gasteiger partial charge in [-0.25, -0.2) is 4.98 Å². The Balaban J connectivity index is 1.30. The van der Waals surface area contributed by atoms with Gasteiger partial charge < -0.3 is 14.8 Å². The van der Waals surface area contributed by atoms with Gasteiger partial charge in [-0.05, 0) is 93.8 Å². The smallest absolute Gasteiger partial charge is 0.140 e. The highest BCUT2D eigenvalue weighted by Crippen LogP contribution is 2.36. The molecule has 1 spiro atoms. The van der Waals surface area contributed by atoms with Gasteiger partial charge in [0.2, 0.25) is 0 Å². The van der Waals surface area contributed by atoms with E-state index < -0.39 is 0 Å². The Labute approximate surface area is 202 Å². The minimum Gasteiger partial charge on any atom is -0.370 e. The summed E-state index contributed by atoms with van der Waals surface area (Å²) in [6.07, 6.45) is 8.31. The molecule has 1 N–H and O–H groups in total. The molecule has 1 aliphatic carbocycles. The molecule has 0 amide bonds. The topological polar surface area (TPSA) is 45.5 Å². The van der Waals surface area contributed by atoms with Crippen molar-refractivity contribution in [2.75, 3.05) is 19.6 Å². The number of rotatable bonds is 6. The molecule has 0 radical (unpaired) electrons. The lowest BCUT2D eigenvalue weighted by Gasteiger charge is -2.26. The lowest BCUT2D eigenvalue weighted by molar-refractivity contribution is 0.374. The molecule has 5 heteroatoms. The molecule has 34 heavy (non-hydrogen) atoms. The van der Waals surface area contributed by atoms with E-state index in [1.165, 1.54) is 54.3 Å². The minimum absolute atomic E-state index is 0.300. The Bertz CT molecular complexity index is 1270. The average molecular weight is 454 g/mol. The van der Waals surface area contributed by atoms with Crippen LogP contribution in [-0.4, -0.2) is 45.3 Å². The van der Waals surface area contributed by atoms with E-state index in [0.717, 1.165) is 54.8 Å². The molecule has 2 aromatic heterocycles. The molecule has 2 aliphatic heterocycles. The summed E-state index contributed by atoms with van der Waals surface area (Å²) in [5, 5.41) is 4.94. The van der Waals surface area contributed by atoms with Crippen LogP contribution in [0, 0.1) is 12.8 Å². The number of aliphatic imine (C=N–C) groups is 1. The van der Waals surface area contributed by atoms with Gasteiger partial charge in [0.05, 0.1) is 17.1 Å². The van der Waals surface area contributed by atoms with Crippen LogP contribution in [0.4, 0.5) is 5.69 Å². The Kier molecular flexibility index (Phi) is 5.33. The van der Waals surface area contributed by atoms with E-state index in [4.69, 9.17) is 4.99 Å². The van der Waals surface area contributed by atoms with Crippen LogP contribution >= 0.6 is 0 Å². The highest BCUT2D eigenvalue weighted by Gasteiger charge is 2.40. The number of likely N-dealkylation sites (tertiary alicyclic amines) is 1. The van der Waals surface area contributed by atoms with E-state index in [9.17, 15) is 0 Å². The molecule has 3 aliphatic rings. The van der Waals surface area contributed by atoms with Crippen molar-refractivity contribution in [3.63, 3.8) is 0 Å². The number of nitrogens with one attached hydrogen (secondary N) is 1. The van der Waals surface area contributed by atoms with Crippen LogP contribution in [-0.2, 0) is 6.54 Å². The summed E-state index contributed by atoms with van der Waals surface area (Å²) in [4.78, 5) is 12.3. The normalized spacial score (nSPS) is 22.9. The van der Waals surface area contributed by atoms with Crippen molar-refractivity contribution < 1.29 is 0 Å². The quantitative estimate of drug-likeness (QED) is 0.488. The van der Waals surface area contributed by atoms with Crippen LogP contribution in [0.15, 0.2) is 54.2 Å². The summed E-state index contributed by atoms with van der Waals surface area (Å²) >= 11 is 0. The summed E-state index contributed by atoms with van der Waals surface area (Å²) in [6, 6.07) is 13.0. The maximum Gasteiger partial charge on any atom is 0.140 e. The van der Waals surface area contributed by atoms with Gasteiger partial charge in [-0.3, -0.25) is 4.99 Å². The van der Waals surface area contributed by atoms with Crippen LogP contribution in [0.5, 0.6) is 0 Å². The number of nitrogens with zero attached hydrogens (tertiary/aromatic N) is 4. The molecular formula is C29H35N5. The van der Waals surface area contributed by atoms with Crippen molar-refractivity contribution >= 4 is 28.1 Å². The van der Waals surface area contributed by atoms with E-state index in [1.54, 1.807) is 0 Å². The minimum atomic E-state index is 0.300. The van der Waals surface area contributed by atoms with Gasteiger partial charge in [0.1, 0.15) is 5.65 Å². The van der Waals surface area contributed by atoms with Gasteiger partial charge in [-0.2, -0.15) is 0 Å². The third-order valence-corrected chi connectivity index (χ3v) is 8.06. The maximum atomic E-state index is 5.15. The van der Waals surface area contributed by atoms with Gasteiger partial charge in [-0.1, -0.05) is 18.7 Å². The van der Waals surface area contributed by atoms with Gasteiger partial charge in [-0.15, -0.1) is 0 Å². The number of benzene rings is 1. The standard InChI is InChI=1S/C29H35N5/c1-20-7-10-24(22(3)33-15-12-29(19-33)11-5-14-31-29)16-26(20)32-21(2)27-17-25-6-4-13-30-28(25)34(27)18-23-8-9-23/h4,6-7,10,13,16-17,23,31H,3,5,8-9,11-12,14-15,18-19H2,1-2H3/b32-21+. The monoisotopic (exact) mass is 453 g/mol. The molecule has 1 saturated carbocycles. The zero-order valence-electron chi connectivity index (χ0n) is 20.5. The van der Waals surface area contributed by atoms with Crippen molar-refractivity contribution in [3.05, 3.63) is 66.0 Å². The fourth-order valence-corrected chi connectivity index (χ4v) is 5.78. The van der Waals surface area contributed by atoms with Crippen molar-refractivity contribution in [1.82, 2.24) is 19.8 Å². The molecule has 6 rings (SSSR count). The second kappa shape index (κ2) is 8.38. The fourth-order valence-electron chi connectivity index (χ4n) is 5.78. The van der Waals surface area contributed by atoms with E-state index >= 15 is 0 Å². The molecular weight excluding hydrogens is 418 g/mol. The second-order valence-electron chi connectivity index (χ2n) is 10.6. The summed E-state index contributed by atoms with van der Waals surface area (Å²) in [5.41, 5.74) is 8.10. The first-order valence-corrected chi connectivity index (χ1v) is 12.8. The highest BCUT2D eigenvalue weighted by atomic mass is 15.2. The molecule has 1 unspecified atom stereocenters. The Morgan fingerprint density at radius 3 is 2.91 bits per heavy atom. The van der Waals surface area contributed by atoms with E-state index in [2.05, 4.69) is 70.5 Å². The number of fused-ring (bicyclic) bond motifs is 1. The molecule has 3 fully saturated rings. The fraction of sp³-hybridized carbons (Fsp3) is 0.448. The van der Waals surface area contributed by atoms with E-state index in [1.807, 2.05) is 12.3 Å². The number of pyridine rings is 1. The van der Waals surface area contributed by atoms with Crippen LogP contribution in [0.1, 0.15) is 55.8 Å². The predicted octanol–water partition coefficient (Wildman–Crippen LogP) is 5.69.